The topological polar surface area (TPSA) is 129 Å². The molecule has 0 unspecified atom stereocenters. The number of H-pyrrole nitrogens is 1. The largest absolute Gasteiger partial charge is 0.451 e. The standard InChI is InChI=1S/C25H28FN5O4/c1-13(2)21(24(34)27-3)30-23(33)20-10-9-19(35-20)14-7-8-15(17(26)11-14)12-28-25-29-18-6-4-5-16(18)22(32)31-25/h7-11,13,21H,4-6,12H2,1-3H3,(H,27,34)(H,30,33)(H2,28,29,31,32)/t21-/m0/s1. The lowest BCUT2D eigenvalue weighted by atomic mass is 10.0. The van der Waals surface area contributed by atoms with Crippen LogP contribution in [0.25, 0.3) is 11.3 Å². The van der Waals surface area contributed by atoms with Crippen molar-refractivity contribution in [1.82, 2.24) is 20.6 Å². The van der Waals surface area contributed by atoms with Gasteiger partial charge in [0.15, 0.2) is 5.76 Å². The van der Waals surface area contributed by atoms with Crippen LogP contribution in [0, 0.1) is 11.7 Å². The van der Waals surface area contributed by atoms with E-state index >= 15 is 0 Å². The molecule has 1 aromatic carbocycles. The molecule has 0 saturated carbocycles. The molecule has 2 heterocycles. The Morgan fingerprint density at radius 2 is 2.00 bits per heavy atom. The van der Waals surface area contributed by atoms with Gasteiger partial charge in [-0.1, -0.05) is 26.0 Å². The second-order valence-electron chi connectivity index (χ2n) is 8.83. The second-order valence-corrected chi connectivity index (χ2v) is 8.83. The number of anilines is 1. The minimum Gasteiger partial charge on any atom is -0.451 e. The van der Waals surface area contributed by atoms with Crippen LogP contribution >= 0.6 is 0 Å². The molecule has 0 aliphatic heterocycles. The molecule has 0 fully saturated rings. The third-order valence-electron chi connectivity index (χ3n) is 6.04. The Hall–Kier alpha value is -3.95. The first kappa shape index (κ1) is 24.2. The van der Waals surface area contributed by atoms with Gasteiger partial charge in [-0.15, -0.1) is 0 Å². The number of aryl methyl sites for hydroxylation is 1. The van der Waals surface area contributed by atoms with Gasteiger partial charge in [-0.3, -0.25) is 19.4 Å². The van der Waals surface area contributed by atoms with Crippen molar-refractivity contribution in [2.45, 2.75) is 45.7 Å². The highest BCUT2D eigenvalue weighted by atomic mass is 19.1. The molecule has 2 amide bonds. The van der Waals surface area contributed by atoms with Crippen molar-refractivity contribution in [1.29, 1.82) is 0 Å². The number of furan rings is 1. The Morgan fingerprint density at radius 3 is 2.71 bits per heavy atom. The van der Waals surface area contributed by atoms with Crippen LogP contribution in [0.1, 0.15) is 47.6 Å². The predicted octanol–water partition coefficient (Wildman–Crippen LogP) is 2.77. The first-order valence-corrected chi connectivity index (χ1v) is 11.5. The Balaban J connectivity index is 1.43. The fraction of sp³-hybridized carbons (Fsp3) is 0.360. The van der Waals surface area contributed by atoms with E-state index in [1.54, 1.807) is 18.2 Å². The van der Waals surface area contributed by atoms with Gasteiger partial charge in [0.2, 0.25) is 11.9 Å². The Labute approximate surface area is 201 Å². The van der Waals surface area contributed by atoms with Crippen molar-refractivity contribution < 1.29 is 18.4 Å². The Bertz CT molecular complexity index is 1310. The smallest absolute Gasteiger partial charge is 0.287 e. The summed E-state index contributed by atoms with van der Waals surface area (Å²) < 4.78 is 20.4. The maximum absolute atomic E-state index is 14.8. The SMILES string of the molecule is CNC(=O)[C@@H](NC(=O)c1ccc(-c2ccc(CNc3nc4c(c(=O)[nH]3)CCC4)c(F)c2)o1)C(C)C. The molecule has 0 spiro atoms. The number of fused-ring (bicyclic) bond motifs is 1. The average Bonchev–Trinajstić information content (AvgIpc) is 3.51. The maximum Gasteiger partial charge on any atom is 0.287 e. The summed E-state index contributed by atoms with van der Waals surface area (Å²) in [6.07, 6.45) is 2.41. The first-order valence-electron chi connectivity index (χ1n) is 11.5. The molecule has 0 radical (unpaired) electrons. The number of nitrogens with one attached hydrogen (secondary N) is 4. The van der Waals surface area contributed by atoms with E-state index in [1.165, 1.54) is 19.2 Å². The van der Waals surface area contributed by atoms with E-state index in [0.29, 0.717) is 22.8 Å². The molecule has 35 heavy (non-hydrogen) atoms. The third-order valence-corrected chi connectivity index (χ3v) is 6.04. The van der Waals surface area contributed by atoms with Gasteiger partial charge in [0.05, 0.1) is 5.69 Å². The van der Waals surface area contributed by atoms with Crippen molar-refractivity contribution in [3.63, 3.8) is 0 Å². The number of carbonyl (C=O) groups is 2. The van der Waals surface area contributed by atoms with E-state index in [4.69, 9.17) is 4.42 Å². The van der Waals surface area contributed by atoms with Crippen molar-refractivity contribution in [2.75, 3.05) is 12.4 Å². The van der Waals surface area contributed by atoms with E-state index in [-0.39, 0.29) is 29.7 Å². The monoisotopic (exact) mass is 481 g/mol. The molecule has 9 nitrogen and oxygen atoms in total. The molecule has 0 saturated heterocycles. The van der Waals surface area contributed by atoms with Crippen LogP contribution in [-0.4, -0.2) is 34.9 Å². The van der Waals surface area contributed by atoms with Gasteiger partial charge in [-0.2, -0.15) is 0 Å². The van der Waals surface area contributed by atoms with Crippen LogP contribution in [0.4, 0.5) is 10.3 Å². The molecule has 1 atom stereocenters. The molecule has 2 aromatic heterocycles. The number of hydrogen-bond donors (Lipinski definition) is 4. The zero-order valence-corrected chi connectivity index (χ0v) is 19.8. The number of aromatic nitrogens is 2. The summed E-state index contributed by atoms with van der Waals surface area (Å²) in [6, 6.07) is 6.95. The van der Waals surface area contributed by atoms with Crippen LogP contribution < -0.4 is 21.5 Å². The molecular formula is C25H28FN5O4. The summed E-state index contributed by atoms with van der Waals surface area (Å²) in [5.74, 6) is -0.765. The molecular weight excluding hydrogens is 453 g/mol. The number of halogens is 1. The number of benzene rings is 1. The quantitative estimate of drug-likeness (QED) is 0.392. The summed E-state index contributed by atoms with van der Waals surface area (Å²) in [6.45, 7) is 3.78. The molecule has 1 aliphatic carbocycles. The van der Waals surface area contributed by atoms with E-state index in [1.807, 2.05) is 13.8 Å². The molecule has 10 heteroatoms. The van der Waals surface area contributed by atoms with Crippen LogP contribution in [-0.2, 0) is 24.2 Å². The molecule has 4 rings (SSSR count). The van der Waals surface area contributed by atoms with Crippen LogP contribution in [0.3, 0.4) is 0 Å². The normalized spacial score (nSPS) is 13.4. The molecule has 4 N–H and O–H groups in total. The number of aromatic amines is 1. The fourth-order valence-electron chi connectivity index (χ4n) is 4.07. The molecule has 0 bridgehead atoms. The summed E-state index contributed by atoms with van der Waals surface area (Å²) in [7, 11) is 1.50. The van der Waals surface area contributed by atoms with Gasteiger partial charge >= 0.3 is 0 Å². The van der Waals surface area contributed by atoms with Crippen LogP contribution in [0.2, 0.25) is 0 Å². The minimum atomic E-state index is -0.708. The Morgan fingerprint density at radius 1 is 1.20 bits per heavy atom. The van der Waals surface area contributed by atoms with Crippen molar-refractivity contribution >= 4 is 17.8 Å². The highest BCUT2D eigenvalue weighted by Crippen LogP contribution is 2.25. The van der Waals surface area contributed by atoms with Crippen LogP contribution in [0.15, 0.2) is 39.5 Å². The highest BCUT2D eigenvalue weighted by Gasteiger charge is 2.25. The fourth-order valence-corrected chi connectivity index (χ4v) is 4.07. The van der Waals surface area contributed by atoms with Gasteiger partial charge in [0.1, 0.15) is 17.6 Å². The lowest BCUT2D eigenvalue weighted by Crippen LogP contribution is -2.48. The zero-order valence-electron chi connectivity index (χ0n) is 19.8. The number of likely N-dealkylation sites (N-methyl/N-ethyl adjacent to an activating group) is 1. The highest BCUT2D eigenvalue weighted by molar-refractivity contribution is 5.96. The zero-order chi connectivity index (χ0) is 25.1. The second kappa shape index (κ2) is 10.1. The first-order chi connectivity index (χ1) is 16.8. The van der Waals surface area contributed by atoms with Crippen LogP contribution in [0.5, 0.6) is 0 Å². The Kier molecular flexibility index (Phi) is 6.99. The van der Waals surface area contributed by atoms with Crippen molar-refractivity contribution in [3.05, 3.63) is 69.1 Å². The summed E-state index contributed by atoms with van der Waals surface area (Å²) >= 11 is 0. The third kappa shape index (κ3) is 5.26. The summed E-state index contributed by atoms with van der Waals surface area (Å²) in [5.41, 5.74) is 2.21. The van der Waals surface area contributed by atoms with Crippen molar-refractivity contribution in [2.24, 2.45) is 5.92 Å². The number of amides is 2. The van der Waals surface area contributed by atoms with Gasteiger partial charge in [-0.25, -0.2) is 9.37 Å². The predicted molar refractivity (Wildman–Crippen MR) is 128 cm³/mol. The number of rotatable bonds is 8. The van der Waals surface area contributed by atoms with Crippen molar-refractivity contribution in [3.8, 4) is 11.3 Å². The van der Waals surface area contributed by atoms with Gasteiger partial charge in [0.25, 0.3) is 11.5 Å². The maximum atomic E-state index is 14.8. The lowest BCUT2D eigenvalue weighted by molar-refractivity contribution is -0.123. The number of nitrogens with zero attached hydrogens (tertiary/aromatic N) is 1. The van der Waals surface area contributed by atoms with Gasteiger partial charge < -0.3 is 20.4 Å². The average molecular weight is 482 g/mol. The molecule has 3 aromatic rings. The summed E-state index contributed by atoms with van der Waals surface area (Å²) in [5, 5.41) is 8.17. The lowest BCUT2D eigenvalue weighted by Gasteiger charge is -2.19. The molecule has 1 aliphatic rings. The van der Waals surface area contributed by atoms with E-state index in [0.717, 1.165) is 30.5 Å². The summed E-state index contributed by atoms with van der Waals surface area (Å²) in [4.78, 5) is 43.8. The van der Waals surface area contributed by atoms with E-state index in [2.05, 4.69) is 25.9 Å². The number of hydrogen-bond acceptors (Lipinski definition) is 6. The molecule has 184 valence electrons. The van der Waals surface area contributed by atoms with Gasteiger partial charge in [-0.05, 0) is 43.4 Å². The van der Waals surface area contributed by atoms with Gasteiger partial charge in [0, 0.05) is 30.3 Å². The van der Waals surface area contributed by atoms with E-state index in [9.17, 15) is 18.8 Å². The number of carbonyl (C=O) groups excluding carboxylic acids is 2. The minimum absolute atomic E-state index is 0.0207. The van der Waals surface area contributed by atoms with E-state index < -0.39 is 17.8 Å².